The molecule has 2 unspecified atom stereocenters. The van der Waals surface area contributed by atoms with Gasteiger partial charge in [0, 0.05) is 13.0 Å². The lowest BCUT2D eigenvalue weighted by Gasteiger charge is -2.24. The van der Waals surface area contributed by atoms with Gasteiger partial charge in [-0.25, -0.2) is 4.57 Å². The Hall–Kier alpha value is -0.760. The van der Waals surface area contributed by atoms with Gasteiger partial charge in [-0.1, -0.05) is 206 Å². The second kappa shape index (κ2) is 42.9. The van der Waals surface area contributed by atoms with Crippen molar-refractivity contribution in [3.05, 3.63) is 12.2 Å². The fourth-order valence-corrected chi connectivity index (χ4v) is 7.94. The average molecular weight is 845 g/mol. The van der Waals surface area contributed by atoms with E-state index in [0.29, 0.717) is 24.1 Å². The van der Waals surface area contributed by atoms with Crippen LogP contribution in [-0.4, -0.2) is 75.6 Å². The van der Waals surface area contributed by atoms with E-state index in [2.05, 4.69) is 26.0 Å². The number of ether oxygens (including phenoxy) is 2. The summed E-state index contributed by atoms with van der Waals surface area (Å²) in [6, 6.07) is 0. The second-order valence-corrected chi connectivity index (χ2v) is 19.7. The van der Waals surface area contributed by atoms with Gasteiger partial charge in [0.2, 0.25) is 0 Å². The predicted octanol–water partition coefficient (Wildman–Crippen LogP) is 15.0. The lowest BCUT2D eigenvalue weighted by Crippen LogP contribution is -2.37. The zero-order valence-corrected chi connectivity index (χ0v) is 40.2. The van der Waals surface area contributed by atoms with E-state index >= 15 is 0 Å². The van der Waals surface area contributed by atoms with Gasteiger partial charge in [-0.05, 0) is 38.5 Å². The first-order chi connectivity index (χ1) is 28.1. The van der Waals surface area contributed by atoms with Gasteiger partial charge in [-0.2, -0.15) is 0 Å². The highest BCUT2D eigenvalue weighted by Crippen LogP contribution is 2.43. The molecule has 8 nitrogen and oxygen atoms in total. The molecule has 0 rings (SSSR count). The van der Waals surface area contributed by atoms with Crippen molar-refractivity contribution in [3.8, 4) is 0 Å². The van der Waals surface area contributed by atoms with Crippen LogP contribution in [0.5, 0.6) is 0 Å². The summed E-state index contributed by atoms with van der Waals surface area (Å²) in [5.41, 5.74) is 0. The minimum absolute atomic E-state index is 0.0908. The quantitative estimate of drug-likeness (QED) is 0.0214. The van der Waals surface area contributed by atoms with Crippen molar-refractivity contribution in [1.82, 2.24) is 0 Å². The zero-order valence-electron chi connectivity index (χ0n) is 39.3. The van der Waals surface area contributed by atoms with Gasteiger partial charge in [-0.3, -0.25) is 13.8 Å². The lowest BCUT2D eigenvalue weighted by molar-refractivity contribution is -0.870. The summed E-state index contributed by atoms with van der Waals surface area (Å²) in [4.78, 5) is 22.9. The molecule has 0 aromatic rings. The Labute approximate surface area is 360 Å². The maximum Gasteiger partial charge on any atom is 0.472 e. The molecule has 0 amide bonds. The molecule has 0 spiro atoms. The Bertz CT molecular complexity index is 940. The van der Waals surface area contributed by atoms with Crippen LogP contribution in [-0.2, 0) is 27.9 Å². The molecule has 0 radical (unpaired) electrons. The highest BCUT2D eigenvalue weighted by Gasteiger charge is 2.26. The van der Waals surface area contributed by atoms with E-state index in [1.807, 2.05) is 21.1 Å². The van der Waals surface area contributed by atoms with Crippen LogP contribution in [0.1, 0.15) is 239 Å². The van der Waals surface area contributed by atoms with Gasteiger partial charge < -0.3 is 18.9 Å². The van der Waals surface area contributed by atoms with Crippen LogP contribution in [0.3, 0.4) is 0 Å². The topological polar surface area (TPSA) is 91.3 Å². The number of phosphoric ester groups is 1. The Morgan fingerprint density at radius 3 is 1.34 bits per heavy atom. The zero-order chi connectivity index (χ0) is 42.7. The number of rotatable bonds is 47. The Morgan fingerprint density at radius 1 is 0.517 bits per heavy atom. The largest absolute Gasteiger partial charge is 0.472 e. The number of likely N-dealkylation sites (N-methyl/N-ethyl adjacent to an activating group) is 1. The van der Waals surface area contributed by atoms with Crippen molar-refractivity contribution in [2.24, 2.45) is 0 Å². The number of esters is 1. The van der Waals surface area contributed by atoms with Gasteiger partial charge in [0.15, 0.2) is 0 Å². The SMILES string of the molecule is CCCCC/C=C\CCCCCCCCOCC(COP(=O)(O)OCC[N+](C)(C)C)OC(=O)CCCCCCCCCCCCCCCCCCCCCCCCC. The number of hydrogen-bond donors (Lipinski definition) is 1. The number of phosphoric acid groups is 1. The molecule has 1 N–H and O–H groups in total. The number of unbranched alkanes of at least 4 members (excludes halogenated alkanes) is 31. The Kier molecular flexibility index (Phi) is 42.3. The molecule has 0 fully saturated rings. The molecule has 58 heavy (non-hydrogen) atoms. The van der Waals surface area contributed by atoms with Crippen molar-refractivity contribution in [2.45, 2.75) is 245 Å². The van der Waals surface area contributed by atoms with Crippen molar-refractivity contribution >= 4 is 13.8 Å². The first-order valence-electron chi connectivity index (χ1n) is 24.9. The van der Waals surface area contributed by atoms with E-state index in [-0.39, 0.29) is 25.8 Å². The molecule has 0 aromatic heterocycles. The molecular formula is C49H99NO7P+. The van der Waals surface area contributed by atoms with Crippen LogP contribution in [0.4, 0.5) is 0 Å². The molecular weight excluding hydrogens is 746 g/mol. The van der Waals surface area contributed by atoms with Crippen LogP contribution in [0.15, 0.2) is 12.2 Å². The van der Waals surface area contributed by atoms with E-state index in [1.165, 1.54) is 186 Å². The third kappa shape index (κ3) is 46.3. The van der Waals surface area contributed by atoms with E-state index in [4.69, 9.17) is 18.5 Å². The molecule has 2 atom stereocenters. The fourth-order valence-electron chi connectivity index (χ4n) is 7.20. The molecule has 0 saturated carbocycles. The normalized spacial score (nSPS) is 13.7. The van der Waals surface area contributed by atoms with E-state index in [1.54, 1.807) is 0 Å². The van der Waals surface area contributed by atoms with Crippen LogP contribution >= 0.6 is 7.82 Å². The molecule has 9 heteroatoms. The first-order valence-corrected chi connectivity index (χ1v) is 26.4. The van der Waals surface area contributed by atoms with Crippen LogP contribution in [0, 0.1) is 0 Å². The van der Waals surface area contributed by atoms with Crippen LogP contribution < -0.4 is 0 Å². The minimum Gasteiger partial charge on any atom is -0.457 e. The van der Waals surface area contributed by atoms with Crippen molar-refractivity contribution < 1.29 is 37.3 Å². The number of allylic oxidation sites excluding steroid dienone is 2. The third-order valence-electron chi connectivity index (χ3n) is 11.1. The lowest BCUT2D eigenvalue weighted by atomic mass is 10.0. The third-order valence-corrected chi connectivity index (χ3v) is 12.1. The van der Waals surface area contributed by atoms with Crippen molar-refractivity contribution in [3.63, 3.8) is 0 Å². The van der Waals surface area contributed by atoms with E-state index in [0.717, 1.165) is 32.1 Å². The maximum atomic E-state index is 12.7. The number of carbonyl (C=O) groups is 1. The number of nitrogens with zero attached hydrogens (tertiary/aromatic N) is 1. The molecule has 0 aliphatic carbocycles. The Morgan fingerprint density at radius 2 is 0.897 bits per heavy atom. The molecule has 346 valence electrons. The summed E-state index contributed by atoms with van der Waals surface area (Å²) in [6.07, 6.45) is 48.3. The van der Waals surface area contributed by atoms with Crippen molar-refractivity contribution in [1.29, 1.82) is 0 Å². The van der Waals surface area contributed by atoms with Crippen LogP contribution in [0.25, 0.3) is 0 Å². The van der Waals surface area contributed by atoms with E-state index in [9.17, 15) is 14.3 Å². The average Bonchev–Trinajstić information content (AvgIpc) is 3.18. The number of carbonyl (C=O) groups excluding carboxylic acids is 1. The van der Waals surface area contributed by atoms with Gasteiger partial charge >= 0.3 is 13.8 Å². The molecule has 0 bridgehead atoms. The molecule has 0 aromatic carbocycles. The highest BCUT2D eigenvalue weighted by atomic mass is 31.2. The summed E-state index contributed by atoms with van der Waals surface area (Å²) in [5, 5.41) is 0. The van der Waals surface area contributed by atoms with E-state index < -0.39 is 13.9 Å². The monoisotopic (exact) mass is 845 g/mol. The summed E-state index contributed by atoms with van der Waals surface area (Å²) in [6.45, 7) is 5.64. The summed E-state index contributed by atoms with van der Waals surface area (Å²) in [5.74, 6) is -0.310. The minimum atomic E-state index is -4.27. The summed E-state index contributed by atoms with van der Waals surface area (Å²) >= 11 is 0. The second-order valence-electron chi connectivity index (χ2n) is 18.2. The molecule has 0 heterocycles. The smallest absolute Gasteiger partial charge is 0.457 e. The van der Waals surface area contributed by atoms with Crippen LogP contribution in [0.2, 0.25) is 0 Å². The number of hydrogen-bond acceptors (Lipinski definition) is 6. The highest BCUT2D eigenvalue weighted by molar-refractivity contribution is 7.47. The predicted molar refractivity (Wildman–Crippen MR) is 247 cm³/mol. The molecule has 0 aliphatic heterocycles. The van der Waals surface area contributed by atoms with Crippen molar-refractivity contribution in [2.75, 3.05) is 54.1 Å². The van der Waals surface area contributed by atoms with Gasteiger partial charge in [0.1, 0.15) is 19.3 Å². The van der Waals surface area contributed by atoms with Gasteiger partial charge in [0.25, 0.3) is 0 Å². The molecule has 0 aliphatic rings. The number of quaternary nitrogens is 1. The van der Waals surface area contributed by atoms with Gasteiger partial charge in [0.05, 0.1) is 34.4 Å². The van der Waals surface area contributed by atoms with Gasteiger partial charge in [-0.15, -0.1) is 0 Å². The Balaban J connectivity index is 4.06. The summed E-state index contributed by atoms with van der Waals surface area (Å²) in [7, 11) is 1.68. The molecule has 0 saturated heterocycles. The summed E-state index contributed by atoms with van der Waals surface area (Å²) < 4.78 is 35.1. The standard InChI is InChI=1S/C49H98NO7P/c1-6-8-10-12-14-16-18-20-21-22-23-24-25-26-27-28-29-30-32-34-36-38-40-42-49(51)57-48(47-56-58(52,53)55-45-43-50(3,4)5)46-54-44-41-39-37-35-33-31-19-17-15-13-11-9-7-2/h15,17,48H,6-14,16,18-47H2,1-5H3/p+1/b17-15-. The maximum absolute atomic E-state index is 12.7. The fraction of sp³-hybridized carbons (Fsp3) is 0.939. The first kappa shape index (κ1) is 57.2.